The van der Waals surface area contributed by atoms with Crippen LogP contribution in [0.3, 0.4) is 0 Å². The Balaban J connectivity index is 1.57. The Morgan fingerprint density at radius 3 is 2.28 bits per heavy atom. The van der Waals surface area contributed by atoms with Crippen molar-refractivity contribution in [2.24, 2.45) is 0 Å². The molecular formula is C28H42B4BrN7O3. The van der Waals surface area contributed by atoms with Crippen molar-refractivity contribution in [1.29, 1.82) is 0 Å². The highest BCUT2D eigenvalue weighted by atomic mass is 79.9. The van der Waals surface area contributed by atoms with Gasteiger partial charge >= 0.3 is 6.09 Å². The summed E-state index contributed by atoms with van der Waals surface area (Å²) in [5.74, 6) is 1.84. The van der Waals surface area contributed by atoms with E-state index in [1.165, 1.54) is 12.8 Å². The van der Waals surface area contributed by atoms with Gasteiger partial charge in [-0.05, 0) is 84.8 Å². The standard InChI is InChI=1S/C28H42B4BrN7O3/c1-17(21(33)14-41)20-13-35-24(37-23(20)38(5)18-8-6-7-9-18)36-22-11-10-19(12-34-22)40-27(29,30)15-39(16-28(40,31)32)25(42)43-26(2,3)4/h10-14,18H,6-9,15-16,29-32H2,1-5H3,(H,34,35,36,37)/b21-17+. The first-order valence-electron chi connectivity index (χ1n) is 15.0. The number of nitrogens with zero attached hydrogens (tertiary/aromatic N) is 6. The lowest BCUT2D eigenvalue weighted by Gasteiger charge is -2.58. The highest BCUT2D eigenvalue weighted by Gasteiger charge is 2.46. The van der Waals surface area contributed by atoms with E-state index in [0.29, 0.717) is 35.4 Å². The van der Waals surface area contributed by atoms with Crippen LogP contribution in [0.25, 0.3) is 5.57 Å². The molecule has 10 nitrogen and oxygen atoms in total. The van der Waals surface area contributed by atoms with Crippen molar-refractivity contribution in [2.45, 2.75) is 75.7 Å². The van der Waals surface area contributed by atoms with Gasteiger partial charge in [0.1, 0.15) is 48.6 Å². The van der Waals surface area contributed by atoms with E-state index in [2.05, 4.69) is 74.5 Å². The van der Waals surface area contributed by atoms with E-state index in [-0.39, 0.29) is 16.8 Å². The number of piperazine rings is 1. The number of aldehydes is 1. The Bertz CT molecular complexity index is 1360. The lowest BCUT2D eigenvalue weighted by Crippen LogP contribution is -2.75. The monoisotopic (exact) mass is 647 g/mol. The first-order chi connectivity index (χ1) is 20.0. The molecule has 43 heavy (non-hydrogen) atoms. The van der Waals surface area contributed by atoms with Crippen LogP contribution in [-0.4, -0.2) is 106 Å². The van der Waals surface area contributed by atoms with Crippen LogP contribution in [0.4, 0.5) is 28.1 Å². The maximum atomic E-state index is 12.9. The van der Waals surface area contributed by atoms with Crippen LogP contribution in [0.1, 0.15) is 58.9 Å². The number of carbonyl (C=O) groups is 2. The van der Waals surface area contributed by atoms with Gasteiger partial charge < -0.3 is 24.8 Å². The predicted octanol–water partition coefficient (Wildman–Crippen LogP) is 1.22. The quantitative estimate of drug-likeness (QED) is 0.270. The summed E-state index contributed by atoms with van der Waals surface area (Å²) >= 11 is 3.38. The molecule has 1 aliphatic heterocycles. The average Bonchev–Trinajstić information content (AvgIpc) is 3.46. The first kappa shape index (κ1) is 33.0. The van der Waals surface area contributed by atoms with Crippen molar-refractivity contribution in [1.82, 2.24) is 19.9 Å². The molecule has 2 fully saturated rings. The van der Waals surface area contributed by atoms with Crippen molar-refractivity contribution in [3.8, 4) is 0 Å². The molecule has 1 N–H and O–H groups in total. The Kier molecular flexibility index (Phi) is 9.64. The van der Waals surface area contributed by atoms with Crippen molar-refractivity contribution >= 4 is 88.5 Å². The number of halogens is 1. The predicted molar refractivity (Wildman–Crippen MR) is 188 cm³/mol. The minimum atomic E-state index is -0.548. The average molecular weight is 648 g/mol. The Labute approximate surface area is 267 Å². The number of nitrogens with one attached hydrogen (secondary N) is 1. The Morgan fingerprint density at radius 2 is 1.74 bits per heavy atom. The number of hydrogen-bond donors (Lipinski definition) is 1. The van der Waals surface area contributed by atoms with Gasteiger partial charge in [0.15, 0.2) is 6.29 Å². The maximum Gasteiger partial charge on any atom is 0.410 e. The number of aromatic nitrogens is 3. The van der Waals surface area contributed by atoms with Crippen molar-refractivity contribution in [3.05, 3.63) is 34.6 Å². The number of hydrogen-bond acceptors (Lipinski definition) is 9. The van der Waals surface area contributed by atoms with Gasteiger partial charge in [-0.2, -0.15) is 4.98 Å². The van der Waals surface area contributed by atoms with Gasteiger partial charge in [0.05, 0.1) is 16.4 Å². The molecule has 0 radical (unpaired) electrons. The molecule has 1 saturated carbocycles. The number of allylic oxidation sites excluding steroid dienone is 2. The molecule has 226 valence electrons. The molecular weight excluding hydrogens is 606 g/mol. The Morgan fingerprint density at radius 1 is 1.12 bits per heavy atom. The molecule has 3 heterocycles. The summed E-state index contributed by atoms with van der Waals surface area (Å²) in [6.07, 6.45) is 8.75. The number of pyridine rings is 1. The fourth-order valence-electron chi connectivity index (χ4n) is 6.46. The third-order valence-electron chi connectivity index (χ3n) is 8.10. The largest absolute Gasteiger partial charge is 0.444 e. The summed E-state index contributed by atoms with van der Waals surface area (Å²) in [6, 6.07) is 4.35. The van der Waals surface area contributed by atoms with E-state index in [1.54, 1.807) is 11.1 Å². The number of anilines is 4. The molecule has 2 aliphatic rings. The molecule has 0 unspecified atom stereocenters. The molecule has 4 rings (SSSR count). The lowest BCUT2D eigenvalue weighted by atomic mass is 9.50. The van der Waals surface area contributed by atoms with Crippen LogP contribution in [0.5, 0.6) is 0 Å². The summed E-state index contributed by atoms with van der Waals surface area (Å²) in [4.78, 5) is 44.9. The first-order valence-corrected chi connectivity index (χ1v) is 15.7. The molecule has 1 aliphatic carbocycles. The number of rotatable bonds is 7. The third-order valence-corrected chi connectivity index (χ3v) is 8.89. The zero-order valence-electron chi connectivity index (χ0n) is 27.0. The molecule has 2 aromatic rings. The normalized spacial score (nSPS) is 19.0. The van der Waals surface area contributed by atoms with Gasteiger partial charge in [-0.15, -0.1) is 0 Å². The topological polar surface area (TPSA) is 104 Å². The van der Waals surface area contributed by atoms with E-state index in [4.69, 9.17) is 14.7 Å². The number of carbonyl (C=O) groups excluding carboxylic acids is 2. The molecule has 1 saturated heterocycles. The van der Waals surface area contributed by atoms with E-state index in [1.807, 2.05) is 46.0 Å². The fourth-order valence-corrected chi connectivity index (χ4v) is 6.67. The smallest absolute Gasteiger partial charge is 0.410 e. The van der Waals surface area contributed by atoms with Crippen LogP contribution in [0, 0.1) is 0 Å². The van der Waals surface area contributed by atoms with Crippen molar-refractivity contribution < 1.29 is 14.3 Å². The minimum absolute atomic E-state index is 0.292. The van der Waals surface area contributed by atoms with E-state index in [0.717, 1.165) is 41.8 Å². The fraction of sp³-hybridized carbons (Fsp3) is 0.536. The summed E-state index contributed by atoms with van der Waals surface area (Å²) < 4.78 is 6.16. The zero-order valence-corrected chi connectivity index (χ0v) is 28.6. The summed E-state index contributed by atoms with van der Waals surface area (Å²) in [5.41, 5.74) is 2.02. The highest BCUT2D eigenvalue weighted by Crippen LogP contribution is 2.35. The molecule has 1 amide bonds. The minimum Gasteiger partial charge on any atom is -0.444 e. The van der Waals surface area contributed by atoms with Gasteiger partial charge in [-0.3, -0.25) is 4.79 Å². The van der Waals surface area contributed by atoms with Crippen LogP contribution in [-0.2, 0) is 9.53 Å². The maximum absolute atomic E-state index is 12.9. The van der Waals surface area contributed by atoms with Crippen LogP contribution in [0.15, 0.2) is 29.0 Å². The molecule has 0 spiro atoms. The SMILES string of the molecule is BC1(B)CN(C(=O)OC(C)(C)C)CC(B)(B)N1c1ccc(Nc2ncc(/C(C)=C(/Br)C=O)c(N(C)C3CCCC3)n2)nc1. The Hall–Kier alpha value is -2.95. The summed E-state index contributed by atoms with van der Waals surface area (Å²) in [7, 11) is 10.6. The van der Waals surface area contributed by atoms with E-state index < -0.39 is 5.60 Å². The van der Waals surface area contributed by atoms with E-state index in [9.17, 15) is 9.59 Å². The van der Waals surface area contributed by atoms with Gasteiger partial charge in [0.25, 0.3) is 0 Å². The number of amides is 1. The van der Waals surface area contributed by atoms with Crippen LogP contribution >= 0.6 is 15.9 Å². The second-order valence-electron chi connectivity index (χ2n) is 13.9. The van der Waals surface area contributed by atoms with Crippen molar-refractivity contribution in [2.75, 3.05) is 35.3 Å². The van der Waals surface area contributed by atoms with Crippen LogP contribution in [0.2, 0.25) is 0 Å². The zero-order chi connectivity index (χ0) is 31.7. The molecule has 2 aromatic heterocycles. The van der Waals surface area contributed by atoms with E-state index >= 15 is 0 Å². The van der Waals surface area contributed by atoms with Crippen LogP contribution < -0.4 is 15.1 Å². The van der Waals surface area contributed by atoms with Gasteiger partial charge in [0, 0.05) is 37.9 Å². The number of ether oxygens (including phenoxy) is 1. The van der Waals surface area contributed by atoms with Gasteiger partial charge in [0.2, 0.25) is 5.95 Å². The lowest BCUT2D eigenvalue weighted by molar-refractivity contribution is -0.104. The molecule has 0 atom stereocenters. The molecule has 15 heteroatoms. The van der Waals surface area contributed by atoms with Crippen molar-refractivity contribution in [3.63, 3.8) is 0 Å². The summed E-state index contributed by atoms with van der Waals surface area (Å²) in [5, 5.41) is 2.54. The second-order valence-corrected chi connectivity index (χ2v) is 14.7. The van der Waals surface area contributed by atoms with Gasteiger partial charge in [-0.25, -0.2) is 14.8 Å². The summed E-state index contributed by atoms with van der Waals surface area (Å²) in [6.45, 7) is 8.60. The highest BCUT2D eigenvalue weighted by molar-refractivity contribution is 9.12. The second kappa shape index (κ2) is 12.6. The molecule has 0 bridgehead atoms. The van der Waals surface area contributed by atoms with Gasteiger partial charge in [-0.1, -0.05) is 12.8 Å². The third kappa shape index (κ3) is 7.59. The molecule has 0 aromatic carbocycles.